The van der Waals surface area contributed by atoms with Gasteiger partial charge in [-0.3, -0.25) is 48.3 Å². The van der Waals surface area contributed by atoms with Crippen molar-refractivity contribution < 1.29 is 102 Å². The van der Waals surface area contributed by atoms with E-state index in [1.165, 1.54) is 50.2 Å². The maximum absolute atomic E-state index is 13.9. The van der Waals surface area contributed by atoms with E-state index in [-0.39, 0.29) is 111 Å². The van der Waals surface area contributed by atoms with Crippen LogP contribution in [0.25, 0.3) is 44.2 Å². The number of phenols is 1. The quantitative estimate of drug-likeness (QED) is 0.0410. The number of halogens is 10. The second-order valence-electron chi connectivity index (χ2n) is 37.1. The third-order valence-electron chi connectivity index (χ3n) is 25.8. The first-order valence-corrected chi connectivity index (χ1v) is 43.9. The lowest BCUT2D eigenvalue weighted by Gasteiger charge is -2.47. The van der Waals surface area contributed by atoms with E-state index in [0.717, 1.165) is 111 Å². The van der Waals surface area contributed by atoms with Gasteiger partial charge in [0, 0.05) is 93.8 Å². The number of ether oxygens (including phenoxy) is 4. The number of phenolic OH excluding ortho intramolecular Hbond substituents is 1. The Kier molecular flexibility index (Phi) is 24.8. The van der Waals surface area contributed by atoms with E-state index in [1.807, 2.05) is 103 Å². The number of fused-ring (bicyclic) bond motifs is 8. The summed E-state index contributed by atoms with van der Waals surface area (Å²) in [6.45, 7) is 18.1. The summed E-state index contributed by atoms with van der Waals surface area (Å²) in [5, 5.41) is 13.9. The van der Waals surface area contributed by atoms with Crippen molar-refractivity contribution in [3.63, 3.8) is 0 Å². The van der Waals surface area contributed by atoms with Crippen LogP contribution in [-0.2, 0) is 74.1 Å². The predicted octanol–water partition coefficient (Wildman–Crippen LogP) is 23.4. The summed E-state index contributed by atoms with van der Waals surface area (Å²) < 4.78 is 154. The van der Waals surface area contributed by atoms with Gasteiger partial charge in [-0.1, -0.05) is 169 Å². The number of H-pyrrole nitrogens is 1. The maximum Gasteiger partial charge on any atom is 0.586 e. The number of aryl methyl sites for hydroxylation is 1. The summed E-state index contributed by atoms with van der Waals surface area (Å²) in [6.07, 6.45) is -7.04. The fraction of sp³-hybridized carbons (Fsp3) is 0.302. The minimum Gasteiger partial charge on any atom is -0.508 e. The Morgan fingerprint density at radius 2 is 1.12 bits per heavy atom. The molecule has 3 aromatic heterocycles. The van der Waals surface area contributed by atoms with Crippen LogP contribution in [0, 0.1) is 12.8 Å². The van der Waals surface area contributed by atoms with Crippen molar-refractivity contribution in [2.75, 3.05) is 16.8 Å². The molecule has 0 radical (unpaired) electrons. The standard InChI is InChI=1S/C29H21F2NO4.C26H21F2NO4.C26H30O3.C25H21F6N3O2/c1-17(33)18-6-8-19(9-7-18)27-23-5-3-2-4-20(23)14-22(32-27)16-26(34)28(12-13-28)21-10-11-24-25(15-21)36-29(30,31)35-24;1-15-6-8-20(29-24(15)18-5-3-4-17(12-18)16(2)30)14-23(31)25(10-11-25)19-7-9-21-22(13-19)33-26(27,28)32-21;1-25(2,3)20-15-21(26(4,5)6)23(28)14-17(20)13-22(27)19-12-11-16-9-7-8-10-18(16)24(19)29;26-24(27,28)17-2-1-3-20-21(17)22(35)16(11-32-20)23(36)33-19-9-8-15(10-18(19)25(29,30)31)34-12-13-4-6-14(34)7-5-13/h2-11,14-15H,12-13,16H2,1H3;3-9,12-13H,10-11,14H2,1-2H3;7-10,12,14-15,28H,11,13H2,1-6H3;1-3,8-11,13-14H,4-7,12H2,(H,32,35)(H,33,36). The van der Waals surface area contributed by atoms with Crippen LogP contribution in [0.15, 0.2) is 223 Å². The van der Waals surface area contributed by atoms with Crippen molar-refractivity contribution in [3.8, 4) is 51.3 Å². The number of piperidine rings is 2. The zero-order chi connectivity index (χ0) is 95.8. The van der Waals surface area contributed by atoms with E-state index in [2.05, 4.69) is 70.8 Å². The van der Waals surface area contributed by atoms with Gasteiger partial charge in [-0.2, -0.15) is 26.3 Å². The Bertz CT molecular complexity index is 6870. The number of rotatable bonds is 18. The summed E-state index contributed by atoms with van der Waals surface area (Å²) in [5.74, 6) is -1.29. The number of allylic oxidation sites excluding steroid dienone is 2. The number of hydrogen-bond donors (Lipinski definition) is 3. The third kappa shape index (κ3) is 19.5. The second kappa shape index (κ2) is 35.6. The second-order valence-corrected chi connectivity index (χ2v) is 37.1. The zero-order valence-corrected chi connectivity index (χ0v) is 74.5. The van der Waals surface area contributed by atoms with Crippen molar-refractivity contribution in [1.29, 1.82) is 0 Å². The molecular formula is C106H93F10N5O13. The number of hydrogen-bond acceptors (Lipinski definition) is 16. The van der Waals surface area contributed by atoms with Gasteiger partial charge in [0.1, 0.15) is 22.9 Å². The topological polar surface area (TPSA) is 251 Å². The summed E-state index contributed by atoms with van der Waals surface area (Å²) in [6, 6.07) is 55.0. The molecule has 12 aromatic rings. The molecule has 20 rings (SSSR count). The first kappa shape index (κ1) is 93.3. The van der Waals surface area contributed by atoms with Crippen molar-refractivity contribution in [2.45, 2.75) is 192 Å². The van der Waals surface area contributed by atoms with Gasteiger partial charge in [0.15, 0.2) is 46.1 Å². The van der Waals surface area contributed by atoms with Crippen molar-refractivity contribution in [1.82, 2.24) is 15.0 Å². The van der Waals surface area contributed by atoms with E-state index >= 15 is 0 Å². The fourth-order valence-electron chi connectivity index (χ4n) is 18.4. The normalized spacial score (nSPS) is 17.2. The molecule has 2 bridgehead atoms. The van der Waals surface area contributed by atoms with Crippen LogP contribution in [0.1, 0.15) is 210 Å². The number of Topliss-reactive ketones (excluding diaryl/α,β-unsaturated/α-hetero) is 6. The first-order valence-electron chi connectivity index (χ1n) is 43.9. The fourth-order valence-corrected chi connectivity index (χ4v) is 18.4. The molecule has 8 aliphatic rings. The Hall–Kier alpha value is -13.9. The summed E-state index contributed by atoms with van der Waals surface area (Å²) in [5.41, 5.74) is 5.79. The number of pyridine rings is 3. The molecule has 5 fully saturated rings. The molecule has 1 amide bonds. The Balaban J connectivity index is 0.000000130. The van der Waals surface area contributed by atoms with Crippen LogP contribution in [0.5, 0.6) is 28.7 Å². The lowest BCUT2D eigenvalue weighted by molar-refractivity contribution is -0.287. The number of aromatic hydroxyl groups is 1. The number of carbonyl (C=O) groups is 7. The number of amides is 1. The van der Waals surface area contributed by atoms with Gasteiger partial charge >= 0.3 is 24.9 Å². The minimum atomic E-state index is -4.87. The van der Waals surface area contributed by atoms with Crippen LogP contribution in [0.2, 0.25) is 0 Å². The van der Waals surface area contributed by atoms with Crippen molar-refractivity contribution in [3.05, 3.63) is 312 Å². The molecule has 4 aliphatic heterocycles. The molecule has 9 aromatic carbocycles. The van der Waals surface area contributed by atoms with E-state index in [9.17, 15) is 87.4 Å². The zero-order valence-electron chi connectivity index (χ0n) is 74.5. The van der Waals surface area contributed by atoms with E-state index < -0.39 is 74.9 Å². The number of ketones is 6. The molecule has 4 aliphatic carbocycles. The molecule has 7 heterocycles. The van der Waals surface area contributed by atoms with E-state index in [0.29, 0.717) is 95.5 Å². The molecule has 3 N–H and O–H groups in total. The van der Waals surface area contributed by atoms with E-state index in [4.69, 9.17) is 9.97 Å². The molecule has 0 spiro atoms. The highest BCUT2D eigenvalue weighted by Crippen LogP contribution is 2.55. The number of alkyl halides is 10. The number of anilines is 2. The Morgan fingerprint density at radius 3 is 1.71 bits per heavy atom. The van der Waals surface area contributed by atoms with Crippen LogP contribution < -0.4 is 34.6 Å². The Labute approximate surface area is 764 Å². The number of aromatic nitrogens is 3. The maximum atomic E-state index is 13.9. The molecule has 0 unspecified atom stereocenters. The number of nitrogens with zero attached hydrogens (tertiary/aromatic N) is 3. The summed E-state index contributed by atoms with van der Waals surface area (Å²) >= 11 is 0. The third-order valence-corrected chi connectivity index (χ3v) is 25.8. The average Bonchev–Trinajstić information content (AvgIpc) is 1.56. The highest BCUT2D eigenvalue weighted by molar-refractivity contribution is 6.28. The van der Waals surface area contributed by atoms with Crippen molar-refractivity contribution >= 4 is 73.7 Å². The predicted molar refractivity (Wildman–Crippen MR) is 485 cm³/mol. The molecular weight excluding hydrogens is 1740 g/mol. The van der Waals surface area contributed by atoms with Crippen LogP contribution in [-0.4, -0.2) is 85.8 Å². The monoisotopic (exact) mass is 1830 g/mol. The van der Waals surface area contributed by atoms with Crippen LogP contribution in [0.3, 0.4) is 0 Å². The minimum absolute atomic E-state index is 0.0133. The molecule has 134 heavy (non-hydrogen) atoms. The van der Waals surface area contributed by atoms with E-state index in [1.54, 1.807) is 54.6 Å². The van der Waals surface area contributed by atoms with Gasteiger partial charge in [-0.05, 0) is 218 Å². The molecule has 28 heteroatoms. The molecule has 0 atom stereocenters. The molecule has 690 valence electrons. The van der Waals surface area contributed by atoms with Gasteiger partial charge in [0.25, 0.3) is 5.91 Å². The molecule has 3 saturated carbocycles. The molecule has 2 saturated heterocycles. The van der Waals surface area contributed by atoms with Gasteiger partial charge < -0.3 is 39.3 Å². The molecule has 18 nitrogen and oxygen atoms in total. The van der Waals surface area contributed by atoms with Gasteiger partial charge in [-0.15, -0.1) is 17.6 Å². The highest BCUT2D eigenvalue weighted by atomic mass is 19.4. The summed E-state index contributed by atoms with van der Waals surface area (Å²) in [4.78, 5) is 116. The van der Waals surface area contributed by atoms with Crippen LogP contribution in [0.4, 0.5) is 55.3 Å². The SMILES string of the molecule is CC(=O)c1ccc(-c2nc(CC(=O)C3(c4ccc5c(c4)OC(F)(F)O5)CC3)cc3ccccc23)cc1.CC(=O)c1cccc(-c2nc(CC(=O)C3(c4ccc5c(c4)OC(F)(F)O5)CC3)ccc2C)c1.CC(C)(C)c1cc(C(C)(C)C)c(CC(=O)C2=CCc3ccccc3C2=O)cc1O.O=C(Nc1ccc(N2CC3CCC2CC3)cc1C(F)(F)F)c1c[nH]c2cccc(C(F)(F)F)c2c1=O. The number of benzene rings is 9. The number of carbonyl (C=O) groups excluding carboxylic acids is 7. The van der Waals surface area contributed by atoms with Gasteiger partial charge in [0.05, 0.1) is 50.0 Å². The number of aromatic amines is 1. The van der Waals surface area contributed by atoms with Gasteiger partial charge in [0.2, 0.25) is 5.43 Å². The lowest BCUT2D eigenvalue weighted by Crippen LogP contribution is -2.48. The van der Waals surface area contributed by atoms with Gasteiger partial charge in [-0.25, -0.2) is 0 Å². The van der Waals surface area contributed by atoms with Crippen molar-refractivity contribution in [2.24, 2.45) is 5.92 Å². The number of nitrogens with one attached hydrogen (secondary N) is 2. The largest absolute Gasteiger partial charge is 0.586 e. The average molecular weight is 1830 g/mol. The smallest absolute Gasteiger partial charge is 0.508 e. The van der Waals surface area contributed by atoms with Crippen LogP contribution >= 0.6 is 0 Å². The first-order chi connectivity index (χ1) is 63.2. The highest BCUT2D eigenvalue weighted by Gasteiger charge is 2.54. The summed E-state index contributed by atoms with van der Waals surface area (Å²) in [7, 11) is 0. The lowest BCUT2D eigenvalue weighted by atomic mass is 9.76. The Morgan fingerprint density at radius 1 is 0.537 bits per heavy atom.